The number of aromatic nitrogens is 2. The van der Waals surface area contributed by atoms with E-state index >= 15 is 0 Å². The van der Waals surface area contributed by atoms with Crippen molar-refractivity contribution < 1.29 is 8.78 Å². The second-order valence-electron chi connectivity index (χ2n) is 4.97. The van der Waals surface area contributed by atoms with Crippen LogP contribution >= 0.6 is 11.3 Å². The van der Waals surface area contributed by atoms with Crippen molar-refractivity contribution in [3.05, 3.63) is 52.5 Å². The van der Waals surface area contributed by atoms with Crippen LogP contribution < -0.4 is 5.32 Å². The summed E-state index contributed by atoms with van der Waals surface area (Å²) in [4.78, 5) is 5.40. The molecule has 1 aromatic carbocycles. The molecule has 21 heavy (non-hydrogen) atoms. The van der Waals surface area contributed by atoms with E-state index in [0.29, 0.717) is 11.0 Å². The van der Waals surface area contributed by atoms with Crippen molar-refractivity contribution in [3.8, 4) is 0 Å². The molecule has 0 fully saturated rings. The van der Waals surface area contributed by atoms with Gasteiger partial charge in [-0.25, -0.2) is 13.8 Å². The maximum absolute atomic E-state index is 13.4. The average Bonchev–Trinajstić information content (AvgIpc) is 3.09. The quantitative estimate of drug-likeness (QED) is 0.778. The SMILES string of the molecule is CC(CNCc1cccs1)n1cnc2cc(F)c(F)cc21. The Balaban J connectivity index is 1.72. The monoisotopic (exact) mass is 307 g/mol. The van der Waals surface area contributed by atoms with Crippen molar-refractivity contribution in [1.29, 1.82) is 0 Å². The Labute approximate surface area is 125 Å². The maximum atomic E-state index is 13.4. The van der Waals surface area contributed by atoms with Gasteiger partial charge in [0.25, 0.3) is 0 Å². The summed E-state index contributed by atoms with van der Waals surface area (Å²) in [7, 11) is 0. The summed E-state index contributed by atoms with van der Waals surface area (Å²) in [5, 5.41) is 5.40. The van der Waals surface area contributed by atoms with Crippen molar-refractivity contribution in [1.82, 2.24) is 14.9 Å². The molecule has 0 spiro atoms. The Morgan fingerprint density at radius 3 is 2.90 bits per heavy atom. The van der Waals surface area contributed by atoms with E-state index in [1.165, 1.54) is 10.9 Å². The fourth-order valence-corrected chi connectivity index (χ4v) is 2.96. The number of thiophene rings is 1. The summed E-state index contributed by atoms with van der Waals surface area (Å²) in [6.45, 7) is 3.55. The number of hydrogen-bond acceptors (Lipinski definition) is 3. The molecule has 0 bridgehead atoms. The van der Waals surface area contributed by atoms with Crippen LogP contribution in [0.5, 0.6) is 0 Å². The Bertz CT molecular complexity index is 737. The number of fused-ring (bicyclic) bond motifs is 1. The molecule has 1 unspecified atom stereocenters. The number of benzene rings is 1. The van der Waals surface area contributed by atoms with E-state index in [0.717, 1.165) is 19.2 Å². The summed E-state index contributed by atoms with van der Waals surface area (Å²) in [5.74, 6) is -1.71. The predicted octanol–water partition coefficient (Wildman–Crippen LogP) is 3.73. The summed E-state index contributed by atoms with van der Waals surface area (Å²) >= 11 is 1.71. The number of imidazole rings is 1. The highest BCUT2D eigenvalue weighted by Crippen LogP contribution is 2.20. The van der Waals surface area contributed by atoms with Crippen LogP contribution in [0.4, 0.5) is 8.78 Å². The molecule has 1 atom stereocenters. The lowest BCUT2D eigenvalue weighted by Gasteiger charge is -2.15. The third-order valence-electron chi connectivity index (χ3n) is 3.41. The van der Waals surface area contributed by atoms with E-state index in [4.69, 9.17) is 0 Å². The van der Waals surface area contributed by atoms with Crippen molar-refractivity contribution in [2.45, 2.75) is 19.5 Å². The van der Waals surface area contributed by atoms with Gasteiger partial charge < -0.3 is 9.88 Å². The number of nitrogens with one attached hydrogen (secondary N) is 1. The number of rotatable bonds is 5. The van der Waals surface area contributed by atoms with Crippen molar-refractivity contribution in [2.75, 3.05) is 6.54 Å². The highest BCUT2D eigenvalue weighted by atomic mass is 32.1. The van der Waals surface area contributed by atoms with Crippen LogP contribution in [0.15, 0.2) is 36.0 Å². The van der Waals surface area contributed by atoms with Gasteiger partial charge in [0.1, 0.15) is 0 Å². The van der Waals surface area contributed by atoms with Gasteiger partial charge in [0.2, 0.25) is 0 Å². The second-order valence-corrected chi connectivity index (χ2v) is 6.00. The zero-order valence-corrected chi connectivity index (χ0v) is 12.3. The van der Waals surface area contributed by atoms with Crippen LogP contribution in [-0.4, -0.2) is 16.1 Å². The molecule has 0 saturated carbocycles. The third kappa shape index (κ3) is 2.96. The van der Waals surface area contributed by atoms with Crippen molar-refractivity contribution >= 4 is 22.4 Å². The van der Waals surface area contributed by atoms with Crippen molar-refractivity contribution in [3.63, 3.8) is 0 Å². The molecule has 0 amide bonds. The van der Waals surface area contributed by atoms with Gasteiger partial charge in [-0.15, -0.1) is 11.3 Å². The van der Waals surface area contributed by atoms with Gasteiger partial charge in [0, 0.05) is 36.1 Å². The van der Waals surface area contributed by atoms with Crippen LogP contribution in [0, 0.1) is 11.6 Å². The van der Waals surface area contributed by atoms with Crippen LogP contribution in [0.2, 0.25) is 0 Å². The summed E-state index contributed by atoms with van der Waals surface area (Å²) in [6.07, 6.45) is 1.63. The minimum Gasteiger partial charge on any atom is -0.326 e. The Morgan fingerprint density at radius 2 is 2.14 bits per heavy atom. The Hall–Kier alpha value is -1.79. The third-order valence-corrected chi connectivity index (χ3v) is 4.29. The molecular weight excluding hydrogens is 292 g/mol. The van der Waals surface area contributed by atoms with E-state index < -0.39 is 11.6 Å². The summed E-state index contributed by atoms with van der Waals surface area (Å²) in [6, 6.07) is 6.53. The lowest BCUT2D eigenvalue weighted by atomic mass is 10.2. The molecule has 2 aromatic heterocycles. The minimum atomic E-state index is -0.865. The van der Waals surface area contributed by atoms with Gasteiger partial charge in [0.15, 0.2) is 11.6 Å². The first-order chi connectivity index (χ1) is 10.1. The van der Waals surface area contributed by atoms with Crippen LogP contribution in [-0.2, 0) is 6.54 Å². The van der Waals surface area contributed by atoms with Gasteiger partial charge in [-0.3, -0.25) is 0 Å². The van der Waals surface area contributed by atoms with Crippen LogP contribution in [0.3, 0.4) is 0 Å². The largest absolute Gasteiger partial charge is 0.326 e. The fraction of sp³-hybridized carbons (Fsp3) is 0.267. The Kier molecular flexibility index (Phi) is 3.98. The molecule has 6 heteroatoms. The lowest BCUT2D eigenvalue weighted by molar-refractivity contribution is 0.498. The minimum absolute atomic E-state index is 0.0971. The average molecular weight is 307 g/mol. The van der Waals surface area contributed by atoms with E-state index in [1.807, 2.05) is 22.9 Å². The highest BCUT2D eigenvalue weighted by Gasteiger charge is 2.12. The van der Waals surface area contributed by atoms with Gasteiger partial charge in [-0.05, 0) is 18.4 Å². The van der Waals surface area contributed by atoms with Crippen molar-refractivity contribution in [2.24, 2.45) is 0 Å². The lowest BCUT2D eigenvalue weighted by Crippen LogP contribution is -2.22. The predicted molar refractivity (Wildman–Crippen MR) is 80.4 cm³/mol. The van der Waals surface area contributed by atoms with Crippen LogP contribution in [0.25, 0.3) is 11.0 Å². The molecule has 0 saturated heterocycles. The second kappa shape index (κ2) is 5.91. The van der Waals surface area contributed by atoms with Gasteiger partial charge in [0.05, 0.1) is 17.4 Å². The number of hydrogen-bond donors (Lipinski definition) is 1. The molecular formula is C15H15F2N3S. The van der Waals surface area contributed by atoms with Crippen LogP contribution in [0.1, 0.15) is 17.8 Å². The smallest absolute Gasteiger partial charge is 0.161 e. The van der Waals surface area contributed by atoms with Gasteiger partial charge in [-0.2, -0.15) is 0 Å². The van der Waals surface area contributed by atoms with Gasteiger partial charge in [-0.1, -0.05) is 6.07 Å². The molecule has 2 heterocycles. The molecule has 0 radical (unpaired) electrons. The highest BCUT2D eigenvalue weighted by molar-refractivity contribution is 7.09. The maximum Gasteiger partial charge on any atom is 0.161 e. The zero-order valence-electron chi connectivity index (χ0n) is 11.5. The van der Waals surface area contributed by atoms with E-state index in [9.17, 15) is 8.78 Å². The topological polar surface area (TPSA) is 29.9 Å². The number of halogens is 2. The first kappa shape index (κ1) is 14.2. The molecule has 1 N–H and O–H groups in total. The molecule has 110 valence electrons. The molecule has 3 nitrogen and oxygen atoms in total. The molecule has 3 aromatic rings. The zero-order chi connectivity index (χ0) is 14.8. The van der Waals surface area contributed by atoms with E-state index in [2.05, 4.69) is 16.4 Å². The molecule has 3 rings (SSSR count). The number of nitrogens with zero attached hydrogens (tertiary/aromatic N) is 2. The van der Waals surface area contributed by atoms with E-state index in [-0.39, 0.29) is 6.04 Å². The first-order valence-electron chi connectivity index (χ1n) is 6.70. The normalized spacial score (nSPS) is 12.9. The molecule has 0 aliphatic carbocycles. The summed E-state index contributed by atoms with van der Waals surface area (Å²) in [5.41, 5.74) is 1.08. The molecule has 0 aliphatic heterocycles. The van der Waals surface area contributed by atoms with Gasteiger partial charge >= 0.3 is 0 Å². The molecule has 0 aliphatic rings. The standard InChI is InChI=1S/C15H15F2N3S/c1-10(7-18-8-11-3-2-4-21-11)20-9-19-14-5-12(16)13(17)6-15(14)20/h2-6,9-10,18H,7-8H2,1H3. The van der Waals surface area contributed by atoms with E-state index in [1.54, 1.807) is 17.7 Å². The first-order valence-corrected chi connectivity index (χ1v) is 7.58. The Morgan fingerprint density at radius 1 is 1.33 bits per heavy atom. The fourth-order valence-electron chi connectivity index (χ4n) is 2.29. The summed E-state index contributed by atoms with van der Waals surface area (Å²) < 4.78 is 28.4.